The third-order valence-corrected chi connectivity index (χ3v) is 5.11. The largest absolute Gasteiger partial charge is 0.310 e. The van der Waals surface area contributed by atoms with Crippen LogP contribution in [0.4, 0.5) is 0 Å². The molecule has 0 spiro atoms. The van der Waals surface area contributed by atoms with Crippen molar-refractivity contribution in [3.05, 3.63) is 29.8 Å². The molecule has 1 aromatic rings. The fourth-order valence-corrected chi connectivity index (χ4v) is 3.11. The van der Waals surface area contributed by atoms with E-state index in [2.05, 4.69) is 18.5 Å². The average Bonchev–Trinajstić information content (AvgIpc) is 2.41. The maximum atomic E-state index is 11.4. The van der Waals surface area contributed by atoms with Crippen LogP contribution in [-0.2, 0) is 9.84 Å². The van der Waals surface area contributed by atoms with E-state index in [0.717, 1.165) is 12.1 Å². The summed E-state index contributed by atoms with van der Waals surface area (Å²) in [6.07, 6.45) is 7.10. The summed E-state index contributed by atoms with van der Waals surface area (Å²) in [5, 5.41) is 3.48. The molecule has 0 heterocycles. The van der Waals surface area contributed by atoms with Crippen molar-refractivity contribution < 1.29 is 8.42 Å². The summed E-state index contributed by atoms with van der Waals surface area (Å²) >= 11 is 1.90. The lowest BCUT2D eigenvalue weighted by Crippen LogP contribution is -2.19. The van der Waals surface area contributed by atoms with Gasteiger partial charge in [0.15, 0.2) is 9.84 Å². The van der Waals surface area contributed by atoms with E-state index in [4.69, 9.17) is 0 Å². The summed E-state index contributed by atoms with van der Waals surface area (Å²) in [7, 11) is -3.10. The lowest BCUT2D eigenvalue weighted by molar-refractivity contribution is 0.544. The number of sulfone groups is 1. The summed E-state index contributed by atoms with van der Waals surface area (Å²) < 4.78 is 22.8. The molecule has 20 heavy (non-hydrogen) atoms. The second kappa shape index (κ2) is 8.70. The van der Waals surface area contributed by atoms with Crippen LogP contribution < -0.4 is 5.32 Å². The van der Waals surface area contributed by atoms with E-state index in [0.29, 0.717) is 4.90 Å². The fraction of sp³-hybridized carbons (Fsp3) is 0.600. The zero-order chi connectivity index (χ0) is 15.0. The first kappa shape index (κ1) is 17.5. The molecular formula is C15H25NO2S2. The molecule has 0 aromatic heterocycles. The van der Waals surface area contributed by atoms with Gasteiger partial charge in [0.25, 0.3) is 0 Å². The van der Waals surface area contributed by atoms with Crippen molar-refractivity contribution in [2.24, 2.45) is 0 Å². The number of rotatable bonds is 9. The maximum absolute atomic E-state index is 11.4. The van der Waals surface area contributed by atoms with E-state index in [1.165, 1.54) is 31.3 Å². The molecule has 0 aliphatic rings. The number of nitrogens with one attached hydrogen (secondary N) is 1. The molecule has 0 aliphatic heterocycles. The normalized spacial score (nSPS) is 13.3. The topological polar surface area (TPSA) is 46.2 Å². The predicted octanol–water partition coefficient (Wildman–Crippen LogP) is 3.27. The number of hydrogen-bond donors (Lipinski definition) is 1. The molecule has 0 fully saturated rings. The van der Waals surface area contributed by atoms with Crippen molar-refractivity contribution in [1.29, 1.82) is 0 Å². The Kier molecular flexibility index (Phi) is 7.62. The molecule has 114 valence electrons. The molecule has 0 aliphatic carbocycles. The van der Waals surface area contributed by atoms with E-state index in [-0.39, 0.29) is 6.04 Å². The highest BCUT2D eigenvalue weighted by molar-refractivity contribution is 7.98. The van der Waals surface area contributed by atoms with Gasteiger partial charge in [0.2, 0.25) is 0 Å². The molecule has 1 aromatic carbocycles. The van der Waals surface area contributed by atoms with E-state index in [1.807, 2.05) is 23.9 Å². The van der Waals surface area contributed by atoms with Gasteiger partial charge in [-0.2, -0.15) is 11.8 Å². The van der Waals surface area contributed by atoms with E-state index in [9.17, 15) is 8.42 Å². The van der Waals surface area contributed by atoms with E-state index >= 15 is 0 Å². The highest BCUT2D eigenvalue weighted by Crippen LogP contribution is 2.16. The Morgan fingerprint density at radius 3 is 2.35 bits per heavy atom. The van der Waals surface area contributed by atoms with Gasteiger partial charge in [0.1, 0.15) is 0 Å². The van der Waals surface area contributed by atoms with Gasteiger partial charge in [0, 0.05) is 12.3 Å². The first-order valence-electron chi connectivity index (χ1n) is 6.97. The van der Waals surface area contributed by atoms with Gasteiger partial charge in [0.05, 0.1) is 4.90 Å². The van der Waals surface area contributed by atoms with Gasteiger partial charge in [-0.15, -0.1) is 0 Å². The SMILES string of the molecule is CSCCCCCNC(C)c1ccc(S(C)(=O)=O)cc1. The molecule has 0 bridgehead atoms. The molecule has 0 saturated heterocycles. The second-order valence-electron chi connectivity index (χ2n) is 5.07. The first-order valence-corrected chi connectivity index (χ1v) is 10.3. The molecule has 1 unspecified atom stereocenters. The standard InChI is InChI=1S/C15H25NO2S2/c1-13(16-11-5-4-6-12-19-2)14-7-9-15(10-8-14)20(3,17)18/h7-10,13,16H,4-6,11-12H2,1-3H3. The van der Waals surface area contributed by atoms with Gasteiger partial charge >= 0.3 is 0 Å². The van der Waals surface area contributed by atoms with Crippen LogP contribution in [0.2, 0.25) is 0 Å². The Hall–Kier alpha value is -0.520. The summed E-state index contributed by atoms with van der Waals surface area (Å²) in [6, 6.07) is 7.40. The zero-order valence-electron chi connectivity index (χ0n) is 12.6. The second-order valence-corrected chi connectivity index (χ2v) is 8.07. The number of hydrogen-bond acceptors (Lipinski definition) is 4. The molecule has 1 N–H and O–H groups in total. The minimum Gasteiger partial charge on any atom is -0.310 e. The van der Waals surface area contributed by atoms with Crippen LogP contribution >= 0.6 is 11.8 Å². The van der Waals surface area contributed by atoms with Crippen LogP contribution in [0.3, 0.4) is 0 Å². The molecule has 0 saturated carbocycles. The molecule has 1 atom stereocenters. The highest BCUT2D eigenvalue weighted by atomic mass is 32.2. The lowest BCUT2D eigenvalue weighted by atomic mass is 10.1. The third kappa shape index (κ3) is 6.29. The Morgan fingerprint density at radius 2 is 1.80 bits per heavy atom. The quantitative estimate of drug-likeness (QED) is 0.710. The van der Waals surface area contributed by atoms with Crippen LogP contribution in [0.25, 0.3) is 0 Å². The summed E-state index contributed by atoms with van der Waals surface area (Å²) in [6.45, 7) is 3.11. The molecule has 1 rings (SSSR count). The molecule has 0 radical (unpaired) electrons. The van der Waals surface area contributed by atoms with Crippen molar-refractivity contribution in [3.8, 4) is 0 Å². The van der Waals surface area contributed by atoms with Crippen LogP contribution in [-0.4, -0.2) is 33.2 Å². The van der Waals surface area contributed by atoms with Gasteiger partial charge in [-0.3, -0.25) is 0 Å². The minimum absolute atomic E-state index is 0.254. The van der Waals surface area contributed by atoms with Gasteiger partial charge in [-0.1, -0.05) is 18.6 Å². The van der Waals surface area contributed by atoms with Crippen LogP contribution in [0.5, 0.6) is 0 Å². The predicted molar refractivity (Wildman–Crippen MR) is 88.2 cm³/mol. The van der Waals surface area contributed by atoms with Gasteiger partial charge in [-0.05, 0) is 56.0 Å². The summed E-state index contributed by atoms with van der Waals surface area (Å²) in [4.78, 5) is 0.380. The summed E-state index contributed by atoms with van der Waals surface area (Å²) in [5.41, 5.74) is 1.13. The fourth-order valence-electron chi connectivity index (χ4n) is 1.99. The van der Waals surface area contributed by atoms with Crippen molar-refractivity contribution in [1.82, 2.24) is 5.32 Å². The third-order valence-electron chi connectivity index (χ3n) is 3.28. The molecule has 3 nitrogen and oxygen atoms in total. The van der Waals surface area contributed by atoms with Crippen LogP contribution in [0.1, 0.15) is 37.8 Å². The van der Waals surface area contributed by atoms with Gasteiger partial charge < -0.3 is 5.32 Å². The molecular weight excluding hydrogens is 290 g/mol. The van der Waals surface area contributed by atoms with Crippen LogP contribution in [0.15, 0.2) is 29.2 Å². The number of thioether (sulfide) groups is 1. The first-order chi connectivity index (χ1) is 9.45. The van der Waals surface area contributed by atoms with Gasteiger partial charge in [-0.25, -0.2) is 8.42 Å². The van der Waals surface area contributed by atoms with Crippen molar-refractivity contribution in [3.63, 3.8) is 0 Å². The smallest absolute Gasteiger partial charge is 0.175 e. The monoisotopic (exact) mass is 315 g/mol. The van der Waals surface area contributed by atoms with Crippen molar-refractivity contribution in [2.75, 3.05) is 24.8 Å². The van der Waals surface area contributed by atoms with E-state index in [1.54, 1.807) is 12.1 Å². The van der Waals surface area contributed by atoms with E-state index < -0.39 is 9.84 Å². The summed E-state index contributed by atoms with van der Waals surface area (Å²) in [5.74, 6) is 1.24. The number of unbranched alkanes of at least 4 members (excludes halogenated alkanes) is 2. The Bertz CT molecular complexity index is 483. The molecule has 0 amide bonds. The molecule has 5 heteroatoms. The Balaban J connectivity index is 2.38. The lowest BCUT2D eigenvalue weighted by Gasteiger charge is -2.14. The maximum Gasteiger partial charge on any atom is 0.175 e. The Morgan fingerprint density at radius 1 is 1.15 bits per heavy atom. The minimum atomic E-state index is -3.10. The average molecular weight is 316 g/mol. The van der Waals surface area contributed by atoms with Crippen molar-refractivity contribution in [2.45, 2.75) is 37.1 Å². The van der Waals surface area contributed by atoms with Crippen molar-refractivity contribution >= 4 is 21.6 Å². The van der Waals surface area contributed by atoms with Crippen LogP contribution in [0, 0.1) is 0 Å². The Labute approximate surface area is 127 Å². The highest BCUT2D eigenvalue weighted by Gasteiger charge is 2.08. The zero-order valence-corrected chi connectivity index (χ0v) is 14.2. The number of benzene rings is 1.